The predicted molar refractivity (Wildman–Crippen MR) is 91.7 cm³/mol. The number of hydrogen-bond acceptors (Lipinski definition) is 3. The van der Waals surface area contributed by atoms with Gasteiger partial charge in [-0.05, 0) is 23.5 Å². The fourth-order valence-electron chi connectivity index (χ4n) is 1.75. The van der Waals surface area contributed by atoms with Crippen LogP contribution in [0.4, 0.5) is 0 Å². The van der Waals surface area contributed by atoms with Crippen LogP contribution < -0.4 is 10.8 Å². The maximum atomic E-state index is 9.05. The molecule has 112 valence electrons. The topological polar surface area (TPSA) is 44.3 Å². The van der Waals surface area contributed by atoms with Gasteiger partial charge < -0.3 is 5.02 Å². The molecule has 0 unspecified atom stereocenters. The van der Waals surface area contributed by atoms with E-state index in [0.717, 1.165) is 0 Å². The molecule has 0 aliphatic heterocycles. The molecule has 0 bridgehead atoms. The highest BCUT2D eigenvalue weighted by molar-refractivity contribution is 6.45. The number of nitrogens with one attached hydrogen (secondary N) is 2. The Labute approximate surface area is 128 Å². The van der Waals surface area contributed by atoms with Crippen LogP contribution in [0.25, 0.3) is 11.1 Å². The Morgan fingerprint density at radius 3 is 1.95 bits per heavy atom. The molecular formula is C17H25BN2O. The highest BCUT2D eigenvalue weighted by Gasteiger charge is 2.00. The number of hydrazine groups is 1. The molecule has 3 N–H and O–H groups in total. The van der Waals surface area contributed by atoms with Crippen molar-refractivity contribution in [2.75, 3.05) is 0 Å². The van der Waals surface area contributed by atoms with Gasteiger partial charge in [0.15, 0.2) is 0 Å². The molecule has 2 rings (SSSR count). The van der Waals surface area contributed by atoms with E-state index in [2.05, 4.69) is 61.0 Å². The summed E-state index contributed by atoms with van der Waals surface area (Å²) in [5.41, 5.74) is 6.56. The summed E-state index contributed by atoms with van der Waals surface area (Å²) in [6.07, 6.45) is 1.25. The van der Waals surface area contributed by atoms with E-state index >= 15 is 0 Å². The summed E-state index contributed by atoms with van der Waals surface area (Å²) in [5.74, 6) is 0. The van der Waals surface area contributed by atoms with Crippen LogP contribution in [0.5, 0.6) is 0 Å². The Bertz CT molecular complexity index is 486. The van der Waals surface area contributed by atoms with E-state index < -0.39 is 7.05 Å². The van der Waals surface area contributed by atoms with Crippen LogP contribution in [0.15, 0.2) is 54.6 Å². The van der Waals surface area contributed by atoms with Crippen molar-refractivity contribution >= 4 is 7.05 Å². The lowest BCUT2D eigenvalue weighted by Crippen LogP contribution is -2.41. The molecule has 2 aromatic carbocycles. The van der Waals surface area contributed by atoms with Crippen LogP contribution in [-0.4, -0.2) is 12.1 Å². The first-order chi connectivity index (χ1) is 10.2. The third-order valence-corrected chi connectivity index (χ3v) is 2.66. The van der Waals surface area contributed by atoms with Crippen molar-refractivity contribution in [3.63, 3.8) is 0 Å². The Hall–Kier alpha value is -1.62. The monoisotopic (exact) mass is 284 g/mol. The third kappa shape index (κ3) is 7.09. The van der Waals surface area contributed by atoms with Gasteiger partial charge in [0.2, 0.25) is 0 Å². The van der Waals surface area contributed by atoms with Gasteiger partial charge in [0.05, 0.1) is 0 Å². The minimum absolute atomic E-state index is 0.548. The Kier molecular flexibility index (Phi) is 8.44. The van der Waals surface area contributed by atoms with Crippen LogP contribution in [0, 0.1) is 0 Å². The van der Waals surface area contributed by atoms with Crippen molar-refractivity contribution < 1.29 is 5.02 Å². The average Bonchev–Trinajstić information content (AvgIpc) is 2.49. The van der Waals surface area contributed by atoms with Gasteiger partial charge in [0.25, 0.3) is 0 Å². The summed E-state index contributed by atoms with van der Waals surface area (Å²) < 4.78 is 0. The van der Waals surface area contributed by atoms with Gasteiger partial charge in [-0.15, -0.1) is 0 Å². The van der Waals surface area contributed by atoms with Crippen molar-refractivity contribution in [2.24, 2.45) is 0 Å². The normalized spacial score (nSPS) is 9.71. The first-order valence-electron chi connectivity index (χ1n) is 7.48. The summed E-state index contributed by atoms with van der Waals surface area (Å²) in [7, 11) is -0.548. The quantitative estimate of drug-likeness (QED) is 0.582. The van der Waals surface area contributed by atoms with Crippen molar-refractivity contribution in [3.05, 3.63) is 60.2 Å². The fourth-order valence-corrected chi connectivity index (χ4v) is 1.75. The second-order valence-corrected chi connectivity index (χ2v) is 4.94. The van der Waals surface area contributed by atoms with Crippen molar-refractivity contribution in [1.82, 2.24) is 10.8 Å². The highest BCUT2D eigenvalue weighted by Crippen LogP contribution is 2.18. The summed E-state index contributed by atoms with van der Waals surface area (Å²) >= 11 is 0. The van der Waals surface area contributed by atoms with E-state index in [0.29, 0.717) is 6.54 Å². The number of rotatable bonds is 5. The van der Waals surface area contributed by atoms with Gasteiger partial charge >= 0.3 is 7.05 Å². The molecule has 0 aromatic heterocycles. The molecule has 21 heavy (non-hydrogen) atoms. The fraction of sp³-hybridized carbons (Fsp3) is 0.294. The van der Waals surface area contributed by atoms with Gasteiger partial charge in [0, 0.05) is 6.54 Å². The number of hydrogen-bond donors (Lipinski definition) is 3. The van der Waals surface area contributed by atoms with E-state index in [1.165, 1.54) is 23.1 Å². The maximum Gasteiger partial charge on any atom is 0.387 e. The van der Waals surface area contributed by atoms with Crippen LogP contribution in [0.2, 0.25) is 6.82 Å². The molecule has 0 radical (unpaired) electrons. The molecule has 2 aromatic rings. The van der Waals surface area contributed by atoms with E-state index in [1.807, 2.05) is 18.2 Å². The minimum atomic E-state index is -0.548. The molecule has 0 amide bonds. The summed E-state index contributed by atoms with van der Waals surface area (Å²) in [6, 6.07) is 18.7. The molecular weight excluding hydrogens is 259 g/mol. The molecule has 0 saturated heterocycles. The van der Waals surface area contributed by atoms with Crippen molar-refractivity contribution in [1.29, 1.82) is 0 Å². The molecule has 0 saturated carbocycles. The summed E-state index contributed by atoms with van der Waals surface area (Å²) in [4.78, 5) is 0. The lowest BCUT2D eigenvalue weighted by Gasteiger charge is -2.08. The predicted octanol–water partition coefficient (Wildman–Crippen LogP) is 3.47. The molecule has 0 atom stereocenters. The highest BCUT2D eigenvalue weighted by atomic mass is 16.2. The zero-order chi connectivity index (χ0) is 15.5. The van der Waals surface area contributed by atoms with Crippen molar-refractivity contribution in [3.8, 4) is 11.1 Å². The first kappa shape index (κ1) is 17.4. The largest absolute Gasteiger partial charge is 0.437 e. The van der Waals surface area contributed by atoms with Crippen molar-refractivity contribution in [2.45, 2.75) is 33.6 Å². The SMILES string of the molecule is CB(O)NNCc1ccc(-c2ccccc2)cc1.CCC. The molecule has 3 nitrogen and oxygen atoms in total. The van der Waals surface area contributed by atoms with Gasteiger partial charge in [-0.2, -0.15) is 0 Å². The van der Waals surface area contributed by atoms with E-state index in [1.54, 1.807) is 6.82 Å². The van der Waals surface area contributed by atoms with Crippen LogP contribution in [0.1, 0.15) is 25.8 Å². The Morgan fingerprint density at radius 1 is 0.905 bits per heavy atom. The third-order valence-electron chi connectivity index (χ3n) is 2.66. The molecule has 4 heteroatoms. The average molecular weight is 284 g/mol. The van der Waals surface area contributed by atoms with E-state index in [9.17, 15) is 0 Å². The molecule has 0 heterocycles. The second kappa shape index (κ2) is 10.2. The van der Waals surface area contributed by atoms with Gasteiger partial charge in [0.1, 0.15) is 0 Å². The molecule has 0 aliphatic carbocycles. The smallest absolute Gasteiger partial charge is 0.387 e. The zero-order valence-corrected chi connectivity index (χ0v) is 13.1. The van der Waals surface area contributed by atoms with Crippen LogP contribution in [0.3, 0.4) is 0 Å². The second-order valence-electron chi connectivity index (χ2n) is 4.94. The van der Waals surface area contributed by atoms with Crippen LogP contribution in [-0.2, 0) is 6.54 Å². The minimum Gasteiger partial charge on any atom is -0.437 e. The Morgan fingerprint density at radius 2 is 1.43 bits per heavy atom. The molecule has 0 aliphatic rings. The summed E-state index contributed by atoms with van der Waals surface area (Å²) in [6.45, 7) is 6.60. The molecule has 0 fully saturated rings. The number of benzene rings is 2. The standard InChI is InChI=1S/C14H17BN2O.C3H8/c1-15(18)17-16-11-12-7-9-14(10-8-12)13-5-3-2-4-6-13;1-3-2/h2-10,16-18H,11H2,1H3;3H2,1-2H3. The van der Waals surface area contributed by atoms with Crippen LogP contribution >= 0.6 is 0 Å². The van der Waals surface area contributed by atoms with E-state index in [4.69, 9.17) is 5.02 Å². The molecule has 0 spiro atoms. The van der Waals surface area contributed by atoms with Gasteiger partial charge in [-0.1, -0.05) is 74.9 Å². The first-order valence-corrected chi connectivity index (χ1v) is 7.48. The van der Waals surface area contributed by atoms with Gasteiger partial charge in [-0.25, -0.2) is 0 Å². The Balaban J connectivity index is 0.000000677. The lowest BCUT2D eigenvalue weighted by atomic mass is 9.91. The van der Waals surface area contributed by atoms with Gasteiger partial charge in [-0.3, -0.25) is 10.8 Å². The maximum absolute atomic E-state index is 9.05. The zero-order valence-electron chi connectivity index (χ0n) is 13.1. The lowest BCUT2D eigenvalue weighted by molar-refractivity contribution is 0.520. The van der Waals surface area contributed by atoms with E-state index in [-0.39, 0.29) is 0 Å². The summed E-state index contributed by atoms with van der Waals surface area (Å²) in [5, 5.41) is 11.8.